The number of likely N-dealkylation sites (tertiary alicyclic amines) is 3. The number of hydrogen-bond donors (Lipinski definition) is 0. The minimum absolute atomic E-state index is 0.0589. The summed E-state index contributed by atoms with van der Waals surface area (Å²) in [6.07, 6.45) is -2.41. The van der Waals surface area contributed by atoms with Gasteiger partial charge in [-0.1, -0.05) is 101 Å². The molecule has 3 aliphatic rings. The molecule has 2 aromatic carbocycles. The maximum atomic E-state index is 13.9. The van der Waals surface area contributed by atoms with E-state index >= 15 is 0 Å². The zero-order chi connectivity index (χ0) is 38.1. The van der Waals surface area contributed by atoms with Gasteiger partial charge in [-0.05, 0) is 107 Å². The monoisotopic (exact) mass is 855 g/mol. The summed E-state index contributed by atoms with van der Waals surface area (Å²) < 4.78 is 77.8. The molecule has 5 rings (SSSR count). The van der Waals surface area contributed by atoms with E-state index in [0.717, 1.165) is 44.6 Å². The number of nitrogens with zero attached hydrogens (tertiary/aromatic N) is 3. The van der Waals surface area contributed by atoms with E-state index < -0.39 is 48.8 Å². The van der Waals surface area contributed by atoms with Crippen LogP contribution in [0.5, 0.6) is 0 Å². The number of alkyl halides is 12. The van der Waals surface area contributed by atoms with Crippen molar-refractivity contribution in [3.8, 4) is 0 Å². The highest BCUT2D eigenvalue weighted by atomic mass is 35.6. The predicted octanol–water partition coefficient (Wildman–Crippen LogP) is 11.2. The molecular weight excluding hydrogens is 817 g/mol. The quantitative estimate of drug-likeness (QED) is 0.205. The Kier molecular flexibility index (Phi) is 13.6. The third-order valence-corrected chi connectivity index (χ3v) is 12.0. The fourth-order valence-corrected chi connectivity index (χ4v) is 8.98. The van der Waals surface area contributed by atoms with E-state index in [1.165, 1.54) is 19.3 Å². The van der Waals surface area contributed by atoms with Gasteiger partial charge >= 0.3 is 12.4 Å². The molecule has 290 valence electrons. The molecule has 0 unspecified atom stereocenters. The molecule has 3 heterocycles. The van der Waals surface area contributed by atoms with E-state index in [1.807, 2.05) is 0 Å². The fourth-order valence-electron chi connectivity index (χ4n) is 8.01. The number of carbonyl (C=O) groups is 1. The second-order valence-corrected chi connectivity index (χ2v) is 18.9. The first-order valence-electron chi connectivity index (χ1n) is 17.5. The van der Waals surface area contributed by atoms with Gasteiger partial charge in [-0.15, -0.1) is 0 Å². The molecule has 3 aliphatic heterocycles. The van der Waals surface area contributed by atoms with E-state index in [0.29, 0.717) is 50.4 Å². The third-order valence-electron chi connectivity index (χ3n) is 10.8. The highest BCUT2D eigenvalue weighted by molar-refractivity contribution is 6.69. The van der Waals surface area contributed by atoms with Crippen LogP contribution in [0.1, 0.15) is 91.2 Å². The highest BCUT2D eigenvalue weighted by Gasteiger charge is 2.42. The molecule has 1 atom stereocenters. The van der Waals surface area contributed by atoms with Crippen molar-refractivity contribution in [1.29, 1.82) is 0 Å². The molecule has 3 saturated heterocycles. The average Bonchev–Trinajstić information content (AvgIpc) is 3.30. The van der Waals surface area contributed by atoms with Gasteiger partial charge in [0.15, 0.2) is 0 Å². The van der Waals surface area contributed by atoms with Gasteiger partial charge in [0.1, 0.15) is 0 Å². The second kappa shape index (κ2) is 16.7. The smallest absolute Gasteiger partial charge is 0.342 e. The van der Waals surface area contributed by atoms with Crippen LogP contribution in [0, 0.1) is 0 Å². The van der Waals surface area contributed by atoms with E-state index in [2.05, 4.69) is 9.80 Å². The van der Waals surface area contributed by atoms with E-state index in [-0.39, 0.29) is 35.8 Å². The van der Waals surface area contributed by atoms with Crippen molar-refractivity contribution >= 4 is 75.5 Å². The molecule has 0 bridgehead atoms. The third kappa shape index (κ3) is 10.7. The molecule has 0 radical (unpaired) electrons. The second-order valence-electron chi connectivity index (χ2n) is 14.3. The minimum Gasteiger partial charge on any atom is -0.342 e. The first kappa shape index (κ1) is 42.3. The Labute approximate surface area is 330 Å². The Bertz CT molecular complexity index is 1520. The van der Waals surface area contributed by atoms with Gasteiger partial charge in [0.25, 0.3) is 0 Å². The van der Waals surface area contributed by atoms with E-state index in [1.54, 1.807) is 23.1 Å². The van der Waals surface area contributed by atoms with Gasteiger partial charge in [0.2, 0.25) is 13.5 Å². The van der Waals surface area contributed by atoms with Crippen molar-refractivity contribution in [3.63, 3.8) is 0 Å². The molecule has 4 nitrogen and oxygen atoms in total. The molecule has 2 aromatic rings. The summed E-state index contributed by atoms with van der Waals surface area (Å²) in [6.45, 7) is 5.18. The summed E-state index contributed by atoms with van der Waals surface area (Å²) in [6, 6.07) is 6.88. The summed E-state index contributed by atoms with van der Waals surface area (Å²) >= 11 is 38.0. The van der Waals surface area contributed by atoms with Crippen molar-refractivity contribution in [2.45, 2.75) is 95.6 Å². The van der Waals surface area contributed by atoms with Crippen LogP contribution in [0.25, 0.3) is 0 Å². The van der Waals surface area contributed by atoms with Crippen molar-refractivity contribution in [1.82, 2.24) is 14.7 Å². The lowest BCUT2D eigenvalue weighted by molar-refractivity contribution is -0.143. The van der Waals surface area contributed by atoms with Crippen molar-refractivity contribution in [2.24, 2.45) is 0 Å². The lowest BCUT2D eigenvalue weighted by Crippen LogP contribution is -2.48. The lowest BCUT2D eigenvalue weighted by atomic mass is 9.73. The summed E-state index contributed by atoms with van der Waals surface area (Å²) in [5.74, 6) is -0.583. The highest BCUT2D eigenvalue weighted by Crippen LogP contribution is 2.50. The zero-order valence-corrected chi connectivity index (χ0v) is 32.9. The SMILES string of the molecule is O=C(Cc1cc(C(F)(F)F)cc(C(F)(F)F)c1)N1CCCC[C@](CCN2CCC(N3CCCCC3)CC2)(c2ccc(C(Cl)(Cl)Cl)c(C(Cl)(Cl)Cl)c2)C1. The molecule has 0 spiro atoms. The number of halogens is 12. The predicted molar refractivity (Wildman–Crippen MR) is 197 cm³/mol. The normalized spacial score (nSPS) is 22.4. The largest absolute Gasteiger partial charge is 0.416 e. The summed E-state index contributed by atoms with van der Waals surface area (Å²) in [5, 5.41) is 0. The Morgan fingerprint density at radius 2 is 1.29 bits per heavy atom. The van der Waals surface area contributed by atoms with Crippen molar-refractivity contribution in [2.75, 3.05) is 45.8 Å². The summed E-state index contributed by atoms with van der Waals surface area (Å²) in [5.41, 5.74) is -2.97. The molecule has 3 fully saturated rings. The van der Waals surface area contributed by atoms with Gasteiger partial charge in [-0.2, -0.15) is 26.3 Å². The number of piperidine rings is 2. The Morgan fingerprint density at radius 3 is 1.85 bits per heavy atom. The molecule has 0 aromatic heterocycles. The number of rotatable bonds is 7. The molecule has 52 heavy (non-hydrogen) atoms. The standard InChI is InChI=1S/C36H41Cl6F6N3O/c37-33(38,39)29-7-6-25(22-30(29)34(40,41)42)32(11-17-49-15-8-28(9-16-49)50-12-3-1-4-13-50)10-2-5-14-51(23-32)31(52)20-24-18-26(35(43,44)45)21-27(19-24)36(46,47)48/h6-7,18-19,21-22,28H,1-5,8-17,20,23H2/t32-/m1/s1. The summed E-state index contributed by atoms with van der Waals surface area (Å²) in [7, 11) is 0. The first-order chi connectivity index (χ1) is 24.2. The molecule has 0 N–H and O–H groups in total. The number of amides is 1. The maximum absolute atomic E-state index is 13.9. The molecule has 16 heteroatoms. The Hall–Kier alpha value is -0.850. The number of hydrogen-bond acceptors (Lipinski definition) is 3. The van der Waals surface area contributed by atoms with Gasteiger partial charge in [-0.3, -0.25) is 4.79 Å². The van der Waals surface area contributed by atoms with Crippen LogP contribution in [-0.4, -0.2) is 72.5 Å². The minimum atomic E-state index is -5.03. The van der Waals surface area contributed by atoms with Gasteiger partial charge < -0.3 is 14.7 Å². The van der Waals surface area contributed by atoms with Gasteiger partial charge in [-0.25, -0.2) is 0 Å². The first-order valence-corrected chi connectivity index (χ1v) is 19.7. The molecule has 0 aliphatic carbocycles. The van der Waals surface area contributed by atoms with Crippen LogP contribution < -0.4 is 0 Å². The van der Waals surface area contributed by atoms with Crippen molar-refractivity contribution in [3.05, 3.63) is 69.8 Å². The van der Waals surface area contributed by atoms with Gasteiger partial charge in [0, 0.05) is 35.7 Å². The van der Waals surface area contributed by atoms with E-state index in [9.17, 15) is 31.1 Å². The Morgan fingerprint density at radius 1 is 0.712 bits per heavy atom. The fraction of sp³-hybridized carbons (Fsp3) is 0.639. The van der Waals surface area contributed by atoms with Gasteiger partial charge in [0.05, 0.1) is 17.5 Å². The number of benzene rings is 2. The Balaban J connectivity index is 1.45. The molecular formula is C36H41Cl6F6N3O. The molecule has 0 saturated carbocycles. The van der Waals surface area contributed by atoms with E-state index in [4.69, 9.17) is 69.6 Å². The number of carbonyl (C=O) groups excluding carboxylic acids is 1. The van der Waals surface area contributed by atoms with Crippen LogP contribution >= 0.6 is 69.6 Å². The summed E-state index contributed by atoms with van der Waals surface area (Å²) in [4.78, 5) is 20.5. The average molecular weight is 858 g/mol. The van der Waals surface area contributed by atoms with Crippen LogP contribution in [0.3, 0.4) is 0 Å². The van der Waals surface area contributed by atoms with Crippen LogP contribution in [-0.2, 0) is 36.6 Å². The molecule has 1 amide bonds. The maximum Gasteiger partial charge on any atom is 0.416 e. The zero-order valence-electron chi connectivity index (χ0n) is 28.3. The lowest BCUT2D eigenvalue weighted by Gasteiger charge is -2.42. The van der Waals surface area contributed by atoms with Crippen LogP contribution in [0.2, 0.25) is 0 Å². The van der Waals surface area contributed by atoms with Crippen molar-refractivity contribution < 1.29 is 31.1 Å². The van der Waals surface area contributed by atoms with Crippen LogP contribution in [0.15, 0.2) is 36.4 Å². The van der Waals surface area contributed by atoms with Crippen LogP contribution in [0.4, 0.5) is 26.3 Å². The topological polar surface area (TPSA) is 26.8 Å².